The van der Waals surface area contributed by atoms with Crippen molar-refractivity contribution >= 4 is 35.4 Å². The molecule has 0 aromatic heterocycles. The van der Waals surface area contributed by atoms with Crippen molar-refractivity contribution in [3.8, 4) is 0 Å². The average Bonchev–Trinajstić information content (AvgIpc) is 2.19. The zero-order valence-corrected chi connectivity index (χ0v) is 15.8. The Kier molecular flexibility index (Phi) is 102. The summed E-state index contributed by atoms with van der Waals surface area (Å²) in [5, 5.41) is 0. The molecule has 0 heterocycles. The van der Waals surface area contributed by atoms with E-state index in [4.69, 9.17) is 9.30 Å². The van der Waals surface area contributed by atoms with Crippen LogP contribution in [-0.4, -0.2) is 8.80 Å². The van der Waals surface area contributed by atoms with Gasteiger partial charge >= 0.3 is 49.2 Å². The predicted octanol–water partition coefficient (Wildman–Crippen LogP) is 6.86. The predicted molar refractivity (Wildman–Crippen MR) is 66.1 cm³/mol. The number of rotatable bonds is 0. The van der Waals surface area contributed by atoms with E-state index in [-0.39, 0.29) is 25.9 Å². The molecule has 2 nitrogen and oxygen atoms in total. The van der Waals surface area contributed by atoms with E-state index in [1.165, 1.54) is 0 Å². The molecule has 0 fully saturated rings. The molecule has 130 valence electrons. The van der Waals surface area contributed by atoms with Crippen LogP contribution >= 0.6 is 26.6 Å². The molecule has 0 aliphatic carbocycles. The normalized spacial score (nSPS) is 7.05. The van der Waals surface area contributed by atoms with Gasteiger partial charge in [0.2, 0.25) is 0 Å². The second-order valence-corrected chi connectivity index (χ2v) is 6.43. The largest absolute Gasteiger partial charge is 0 e. The van der Waals surface area contributed by atoms with E-state index in [0.29, 0.717) is 0 Å². The molecular formula is C5H12F9MnO2P3Si+3. The molecule has 0 rings (SSSR count). The molecule has 21 heavy (non-hydrogen) atoms. The van der Waals surface area contributed by atoms with E-state index in [9.17, 15) is 37.8 Å². The third kappa shape index (κ3) is 9690. The third-order valence-corrected chi connectivity index (χ3v) is 0. The summed E-state index contributed by atoms with van der Waals surface area (Å²) in [6.45, 7) is 15.8. The van der Waals surface area contributed by atoms with Crippen LogP contribution in [0.25, 0.3) is 0 Å². The number of hydrogen-bond donors (Lipinski definition) is 0. The van der Waals surface area contributed by atoms with Gasteiger partial charge in [0.25, 0.3) is 0 Å². The van der Waals surface area contributed by atoms with Crippen molar-refractivity contribution in [3.05, 3.63) is 13.3 Å². The first-order valence-corrected chi connectivity index (χ1v) is 10.0. The van der Waals surface area contributed by atoms with Gasteiger partial charge in [-0.3, -0.25) is 0 Å². The quantitative estimate of drug-likeness (QED) is 0.127. The van der Waals surface area contributed by atoms with Gasteiger partial charge < -0.3 is 0 Å². The summed E-state index contributed by atoms with van der Waals surface area (Å²) in [7, 11) is -13.0. The Balaban J connectivity index is -0.0000000227. The Bertz CT molecular complexity index is 137. The second kappa shape index (κ2) is 49.7. The fourth-order valence-electron chi connectivity index (χ4n) is 0. The van der Waals surface area contributed by atoms with Crippen molar-refractivity contribution in [1.82, 2.24) is 0 Å². The zero-order valence-electron chi connectivity index (χ0n) is 10.6. The third-order valence-electron chi connectivity index (χ3n) is 0. The Morgan fingerprint density at radius 1 is 0.571 bits per heavy atom. The van der Waals surface area contributed by atoms with Crippen LogP contribution in [-0.2, 0) is 26.4 Å². The molecular weight excluding hydrogens is 439 g/mol. The maximum Gasteiger partial charge on any atom is 0 e. The van der Waals surface area contributed by atoms with Gasteiger partial charge in [-0.15, -0.1) is 0 Å². The molecule has 2 radical (unpaired) electrons. The smallest absolute Gasteiger partial charge is 0 e. The van der Waals surface area contributed by atoms with Crippen molar-refractivity contribution in [2.45, 2.75) is 19.6 Å². The maximum atomic E-state index is 9.77. The van der Waals surface area contributed by atoms with Gasteiger partial charge in [-0.25, -0.2) is 0 Å². The molecule has 0 spiro atoms. The summed E-state index contributed by atoms with van der Waals surface area (Å²) >= 11 is 0. The number of halogens is 9. The molecule has 0 atom stereocenters. The Morgan fingerprint density at radius 3 is 0.571 bits per heavy atom. The van der Waals surface area contributed by atoms with E-state index in [1.54, 1.807) is 0 Å². The van der Waals surface area contributed by atoms with Crippen molar-refractivity contribution in [2.24, 2.45) is 0 Å². The van der Waals surface area contributed by atoms with Crippen LogP contribution in [0.15, 0.2) is 0 Å². The minimum atomic E-state index is -4.38. The van der Waals surface area contributed by atoms with Crippen molar-refractivity contribution < 1.29 is 64.1 Å². The Hall–Kier alpha value is 0.876. The molecule has 0 saturated heterocycles. The van der Waals surface area contributed by atoms with Gasteiger partial charge in [-0.2, -0.15) is 0 Å². The van der Waals surface area contributed by atoms with Crippen LogP contribution in [0.2, 0.25) is 19.6 Å². The van der Waals surface area contributed by atoms with Crippen LogP contribution in [0, 0.1) is 13.3 Å². The Morgan fingerprint density at radius 2 is 0.571 bits per heavy atom. The summed E-state index contributed by atoms with van der Waals surface area (Å²) in [6, 6.07) is 0. The first-order chi connectivity index (χ1) is 8.93. The van der Waals surface area contributed by atoms with E-state index < -0.39 is 26.6 Å². The number of hydrogen-bond acceptors (Lipinski definition) is 0. The fourth-order valence-corrected chi connectivity index (χ4v) is 0. The molecule has 0 saturated carbocycles. The van der Waals surface area contributed by atoms with Crippen molar-refractivity contribution in [1.29, 1.82) is 0 Å². The van der Waals surface area contributed by atoms with Crippen LogP contribution < -0.4 is 0 Å². The molecule has 0 N–H and O–H groups in total. The summed E-state index contributed by atoms with van der Waals surface area (Å²) in [4.78, 5) is 0. The van der Waals surface area contributed by atoms with Gasteiger partial charge in [0.05, 0.1) is 0 Å². The minimum Gasteiger partial charge on any atom is 0 e. The summed E-state index contributed by atoms with van der Waals surface area (Å²) < 4.78 is 103. The van der Waals surface area contributed by atoms with E-state index in [0.717, 1.165) is 0 Å². The molecule has 0 bridgehead atoms. The maximum absolute atomic E-state index is 9.77. The van der Waals surface area contributed by atoms with Crippen LogP contribution in [0.5, 0.6) is 0 Å². The minimum absolute atomic E-state index is 0. The van der Waals surface area contributed by atoms with Gasteiger partial charge in [0, 0.05) is 63.6 Å². The van der Waals surface area contributed by atoms with Gasteiger partial charge in [0.1, 0.15) is 0 Å². The van der Waals surface area contributed by atoms with Gasteiger partial charge in [-0.1, -0.05) is 19.6 Å². The Labute approximate surface area is 133 Å². The summed E-state index contributed by atoms with van der Waals surface area (Å²) in [5.41, 5.74) is 0. The molecule has 16 heteroatoms. The van der Waals surface area contributed by atoms with Crippen LogP contribution in [0.4, 0.5) is 37.8 Å². The first-order valence-electron chi connectivity index (χ1n) is 3.61. The molecule has 0 aliphatic rings. The summed E-state index contributed by atoms with van der Waals surface area (Å²) in [5.74, 6) is 0. The average molecular weight is 451 g/mol. The van der Waals surface area contributed by atoms with Crippen molar-refractivity contribution in [2.75, 3.05) is 0 Å². The van der Waals surface area contributed by atoms with E-state index in [1.807, 2.05) is 0 Å². The fraction of sp³-hybridized carbons (Fsp3) is 0.600. The molecule has 0 amide bonds. The SMILES string of the molecule is C[Si](C)C.F[PH+](F)F.F[PH+](F)F.F[PH+](F)F.[C-]#[O+].[C-]#[O+].[Mn]. The molecule has 0 aromatic carbocycles. The van der Waals surface area contributed by atoms with Crippen LogP contribution in [0.1, 0.15) is 0 Å². The molecule has 0 unspecified atom stereocenters. The molecule has 0 aromatic rings. The van der Waals surface area contributed by atoms with Gasteiger partial charge in [-0.05, 0) is 0 Å². The zero-order chi connectivity index (χ0) is 18.3. The van der Waals surface area contributed by atoms with Gasteiger partial charge in [0.15, 0.2) is 0 Å². The second-order valence-electron chi connectivity index (χ2n) is 2.14. The molecule has 0 aliphatic heterocycles. The van der Waals surface area contributed by atoms with Crippen LogP contribution in [0.3, 0.4) is 0 Å². The summed E-state index contributed by atoms with van der Waals surface area (Å²) in [6.07, 6.45) is 0. The topological polar surface area (TPSA) is 39.8 Å². The van der Waals surface area contributed by atoms with E-state index >= 15 is 0 Å². The standard InChI is InChI=1S/C3H9Si.2CO.3F3HP.Mn/c1-4(2)3;2*1-2;3*1-4(2)3;/h1-3H3;;;3*4H;/q;;;3*+1;. The van der Waals surface area contributed by atoms with Crippen molar-refractivity contribution in [3.63, 3.8) is 0 Å². The monoisotopic (exact) mass is 451 g/mol. The first kappa shape index (κ1) is 43.1. The van der Waals surface area contributed by atoms with E-state index in [2.05, 4.69) is 32.9 Å².